The second-order valence-electron chi connectivity index (χ2n) is 8.43. The van der Waals surface area contributed by atoms with Gasteiger partial charge in [0.1, 0.15) is 5.82 Å². The largest absolute Gasteiger partial charge is 0.305 e. The van der Waals surface area contributed by atoms with Gasteiger partial charge in [-0.25, -0.2) is 4.39 Å². The first-order valence-electron chi connectivity index (χ1n) is 9.62. The Morgan fingerprint density at radius 3 is 2.69 bits per heavy atom. The van der Waals surface area contributed by atoms with Crippen LogP contribution in [0, 0.1) is 11.2 Å². The quantitative estimate of drug-likeness (QED) is 0.666. The van der Waals surface area contributed by atoms with E-state index >= 15 is 0 Å². The summed E-state index contributed by atoms with van der Waals surface area (Å²) in [7, 11) is 2.35. The van der Waals surface area contributed by atoms with Gasteiger partial charge in [-0.05, 0) is 43.5 Å². The SMILES string of the molecule is CCC1(CC)C=C(C)c2cc(F)ccc2[N+]23C[N+](C)(c4cccnc42)C13. The molecule has 26 heavy (non-hydrogen) atoms. The number of hydrogen-bond acceptors (Lipinski definition) is 1. The van der Waals surface area contributed by atoms with Crippen LogP contribution in [0.1, 0.15) is 39.2 Å². The summed E-state index contributed by atoms with van der Waals surface area (Å²) in [4.78, 5) is 4.86. The van der Waals surface area contributed by atoms with Gasteiger partial charge in [0.15, 0.2) is 5.69 Å². The van der Waals surface area contributed by atoms with Gasteiger partial charge in [-0.3, -0.25) is 0 Å². The molecule has 0 radical (unpaired) electrons. The van der Waals surface area contributed by atoms with Crippen LogP contribution >= 0.6 is 0 Å². The van der Waals surface area contributed by atoms with Gasteiger partial charge < -0.3 is 0 Å². The van der Waals surface area contributed by atoms with Crippen molar-refractivity contribution in [1.29, 1.82) is 0 Å². The number of halogens is 1. The molecule has 3 nitrogen and oxygen atoms in total. The van der Waals surface area contributed by atoms with Crippen LogP contribution in [0.2, 0.25) is 0 Å². The normalized spacial score (nSPS) is 32.7. The van der Waals surface area contributed by atoms with Crippen LogP contribution in [0.4, 0.5) is 21.6 Å². The Labute approximate surface area is 154 Å². The van der Waals surface area contributed by atoms with Crippen LogP contribution in [0.3, 0.4) is 0 Å². The van der Waals surface area contributed by atoms with Crippen LogP contribution < -0.4 is 8.97 Å². The summed E-state index contributed by atoms with van der Waals surface area (Å²) in [5, 5.41) is 0. The molecule has 3 aliphatic rings. The topological polar surface area (TPSA) is 12.9 Å². The molecule has 3 aliphatic heterocycles. The first kappa shape index (κ1) is 16.2. The molecule has 0 N–H and O–H groups in total. The van der Waals surface area contributed by atoms with Crippen LogP contribution in [0.5, 0.6) is 0 Å². The van der Waals surface area contributed by atoms with Crippen molar-refractivity contribution in [1.82, 2.24) is 14.0 Å². The maximum atomic E-state index is 14.2. The summed E-state index contributed by atoms with van der Waals surface area (Å²) in [5.74, 6) is 0.993. The predicted octanol–water partition coefficient (Wildman–Crippen LogP) is 5.33. The summed E-state index contributed by atoms with van der Waals surface area (Å²) >= 11 is 0. The van der Waals surface area contributed by atoms with Crippen molar-refractivity contribution < 1.29 is 4.39 Å². The number of benzene rings is 1. The van der Waals surface area contributed by atoms with Crippen LogP contribution in [-0.4, -0.2) is 24.9 Å². The zero-order valence-corrected chi connectivity index (χ0v) is 16.0. The maximum Gasteiger partial charge on any atom is 0.305 e. The van der Waals surface area contributed by atoms with Crippen molar-refractivity contribution in [2.24, 2.45) is 5.41 Å². The number of pyridine rings is 1. The lowest BCUT2D eigenvalue weighted by atomic mass is 9.74. The third kappa shape index (κ3) is 1.55. The fraction of sp³-hybridized carbons (Fsp3) is 0.409. The number of aromatic nitrogens is 1. The lowest BCUT2D eigenvalue weighted by Crippen LogP contribution is -2.84. The zero-order chi connectivity index (χ0) is 18.3. The number of nitrogens with zero attached hydrogens (tertiary/aromatic N) is 3. The second-order valence-corrected chi connectivity index (χ2v) is 8.43. The standard InChI is InChI=1S/C22H26FN3/c1-5-22(6-2)13-15(3)17-12-16(23)9-10-18(17)26-14-25(4,21(22)26)19-8-7-11-24-20(19)26/h7-13,21H,5-6,14H2,1-4H3/q+2. The van der Waals surface area contributed by atoms with E-state index in [-0.39, 0.29) is 11.2 Å². The highest BCUT2D eigenvalue weighted by Gasteiger charge is 2.81. The molecule has 4 heteroatoms. The Morgan fingerprint density at radius 1 is 1.19 bits per heavy atom. The molecule has 2 aromatic rings. The third-order valence-electron chi connectivity index (χ3n) is 7.32. The Bertz CT molecular complexity index is 962. The van der Waals surface area contributed by atoms with E-state index in [4.69, 9.17) is 4.98 Å². The van der Waals surface area contributed by atoms with Crippen LogP contribution in [-0.2, 0) is 0 Å². The number of fused-ring (bicyclic) bond motifs is 3. The minimum atomic E-state index is -0.162. The minimum absolute atomic E-state index is 0.0628. The van der Waals surface area contributed by atoms with E-state index in [0.29, 0.717) is 6.17 Å². The average molecular weight is 351 g/mol. The molecule has 1 aromatic heterocycles. The molecule has 1 fully saturated rings. The minimum Gasteiger partial charge on any atom is -0.207 e. The number of rotatable bonds is 2. The van der Waals surface area contributed by atoms with Gasteiger partial charge in [-0.1, -0.05) is 19.9 Å². The molecule has 0 saturated carbocycles. The van der Waals surface area contributed by atoms with E-state index in [9.17, 15) is 4.39 Å². The first-order chi connectivity index (χ1) is 12.4. The van der Waals surface area contributed by atoms with Crippen molar-refractivity contribution in [3.63, 3.8) is 0 Å². The van der Waals surface area contributed by atoms with Gasteiger partial charge in [0.25, 0.3) is 0 Å². The molecule has 0 amide bonds. The predicted molar refractivity (Wildman–Crippen MR) is 105 cm³/mol. The summed E-state index contributed by atoms with van der Waals surface area (Å²) in [6.45, 7) is 7.71. The van der Waals surface area contributed by atoms with Crippen LogP contribution in [0.25, 0.3) is 5.57 Å². The average Bonchev–Trinajstić information content (AvgIpc) is 3.00. The molecule has 1 saturated heterocycles. The van der Waals surface area contributed by atoms with Gasteiger partial charge in [0, 0.05) is 23.9 Å². The first-order valence-corrected chi connectivity index (χ1v) is 9.62. The Hall–Kier alpha value is -2.04. The summed E-state index contributed by atoms with van der Waals surface area (Å²) in [6.07, 6.45) is 6.86. The zero-order valence-electron chi connectivity index (χ0n) is 16.0. The van der Waals surface area contributed by atoms with E-state index in [2.05, 4.69) is 46.0 Å². The van der Waals surface area contributed by atoms with Gasteiger partial charge >= 0.3 is 5.82 Å². The highest BCUT2D eigenvalue weighted by molar-refractivity contribution is 5.87. The van der Waals surface area contributed by atoms with E-state index in [1.807, 2.05) is 12.3 Å². The third-order valence-corrected chi connectivity index (χ3v) is 7.32. The molecule has 3 atom stereocenters. The Balaban J connectivity index is 1.91. The molecule has 2 bridgehead atoms. The molecular formula is C22H26FN3+2. The van der Waals surface area contributed by atoms with E-state index in [0.717, 1.165) is 39.9 Å². The fourth-order valence-electron chi connectivity index (χ4n) is 6.35. The maximum absolute atomic E-state index is 14.2. The van der Waals surface area contributed by atoms with Gasteiger partial charge in [-0.15, -0.1) is 4.48 Å². The van der Waals surface area contributed by atoms with E-state index in [1.165, 1.54) is 16.9 Å². The molecule has 4 heterocycles. The molecule has 3 unspecified atom stereocenters. The Morgan fingerprint density at radius 2 is 1.96 bits per heavy atom. The smallest absolute Gasteiger partial charge is 0.207 e. The van der Waals surface area contributed by atoms with Crippen molar-refractivity contribution in [2.45, 2.75) is 39.8 Å². The lowest BCUT2D eigenvalue weighted by molar-refractivity contribution is -0.0739. The summed E-state index contributed by atoms with van der Waals surface area (Å²) in [6, 6.07) is 9.63. The number of allylic oxidation sites excluding steroid dienone is 1. The van der Waals surface area contributed by atoms with E-state index in [1.54, 1.807) is 12.1 Å². The monoisotopic (exact) mass is 351 g/mol. The number of hydrogen-bond donors (Lipinski definition) is 0. The van der Waals surface area contributed by atoms with E-state index < -0.39 is 0 Å². The summed E-state index contributed by atoms with van der Waals surface area (Å²) in [5.41, 5.74) is 4.84. The lowest BCUT2D eigenvalue weighted by Gasteiger charge is -2.57. The van der Waals surface area contributed by atoms with Gasteiger partial charge in [-0.2, -0.15) is 9.47 Å². The summed E-state index contributed by atoms with van der Waals surface area (Å²) < 4.78 is 15.8. The molecule has 0 aliphatic carbocycles. The Kier molecular flexibility index (Phi) is 2.99. The molecule has 134 valence electrons. The molecule has 5 rings (SSSR count). The fourth-order valence-corrected chi connectivity index (χ4v) is 6.35. The highest BCUT2D eigenvalue weighted by Crippen LogP contribution is 2.68. The second kappa shape index (κ2) is 4.81. The van der Waals surface area contributed by atoms with Gasteiger partial charge in [0.05, 0.1) is 12.5 Å². The number of quaternary nitrogens is 2. The van der Waals surface area contributed by atoms with Gasteiger partial charge in [0.2, 0.25) is 18.5 Å². The molecule has 0 spiro atoms. The molecular weight excluding hydrogens is 325 g/mol. The highest BCUT2D eigenvalue weighted by atomic mass is 19.1. The van der Waals surface area contributed by atoms with Crippen molar-refractivity contribution in [3.05, 3.63) is 54.0 Å². The van der Waals surface area contributed by atoms with Crippen molar-refractivity contribution in [2.75, 3.05) is 13.7 Å². The van der Waals surface area contributed by atoms with Crippen molar-refractivity contribution in [3.8, 4) is 0 Å². The van der Waals surface area contributed by atoms with Crippen molar-refractivity contribution >= 4 is 22.8 Å². The van der Waals surface area contributed by atoms with Crippen LogP contribution in [0.15, 0.2) is 42.6 Å². The molecule has 1 aromatic carbocycles.